The molecule has 11 heterocycles. The maximum atomic E-state index is 16.9. The van der Waals surface area contributed by atoms with E-state index in [1.54, 1.807) is 17.0 Å². The zero-order valence-corrected chi connectivity index (χ0v) is 46.1. The van der Waals surface area contributed by atoms with Crippen LogP contribution in [0.15, 0.2) is 48.5 Å². The Morgan fingerprint density at radius 1 is 0.877 bits per heavy atom. The standard InChI is InChI=1S/C34H33F2N5O2.C27H33N7O4/c1-2-23-25(35)11-9-21-7-3-8-24(27(21)23)30-29(36)31-28-26(37-30)12-10-22-19-42-18-6-17-41(22)32(28)39-33(38-31)43-20-34-13-4-15-40(34)16-5-14-34;1-31-21-10-13-34(27(37)38-3)15-20(21)24(29-31)16-8-11-33(12-9-16)17-4-5-18-22(14-17)32(2)30-25(18)19-6-7-23(35)28-26(19)36/h1,3,7-9,11,22H,4-6,10,12-20H2;4-5,14,16,19H,6-13,15H2,1-3H3,(H,28,35,36). The topological polar surface area (TPSA) is 178 Å². The van der Waals surface area contributed by atoms with Crippen molar-refractivity contribution in [1.82, 2.24) is 49.6 Å². The van der Waals surface area contributed by atoms with E-state index in [9.17, 15) is 18.8 Å². The number of nitrogens with one attached hydrogen (secondary N) is 1. The molecule has 5 fully saturated rings. The maximum absolute atomic E-state index is 16.9. The Labute approximate surface area is 468 Å². The van der Waals surface area contributed by atoms with Crippen LogP contribution in [0.1, 0.15) is 110 Å². The zero-order valence-electron chi connectivity index (χ0n) is 46.1. The van der Waals surface area contributed by atoms with Crippen molar-refractivity contribution in [3.63, 3.8) is 0 Å². The molecule has 420 valence electrons. The first kappa shape index (κ1) is 52.6. The van der Waals surface area contributed by atoms with Crippen LogP contribution in [0.4, 0.5) is 25.1 Å². The number of aryl methyl sites for hydroxylation is 3. The van der Waals surface area contributed by atoms with Crippen molar-refractivity contribution in [3.8, 4) is 29.6 Å². The number of amides is 3. The van der Waals surface area contributed by atoms with Gasteiger partial charge in [-0.05, 0) is 107 Å². The fourth-order valence-corrected chi connectivity index (χ4v) is 14.2. The van der Waals surface area contributed by atoms with Gasteiger partial charge in [-0.3, -0.25) is 29.2 Å². The number of carbonyl (C=O) groups is 3. The fourth-order valence-electron chi connectivity index (χ4n) is 14.2. The number of carbonyl (C=O) groups excluding carboxylic acids is 3. The maximum Gasteiger partial charge on any atom is 0.409 e. The molecule has 2 atom stereocenters. The molecule has 7 aromatic rings. The molecular weight excluding hydrogens is 1030 g/mol. The fraction of sp³-hybridized carbons (Fsp3) is 0.475. The largest absolute Gasteiger partial charge is 0.461 e. The second kappa shape index (κ2) is 21.3. The highest BCUT2D eigenvalue weighted by Crippen LogP contribution is 2.44. The van der Waals surface area contributed by atoms with E-state index in [0.29, 0.717) is 91.3 Å². The van der Waals surface area contributed by atoms with Crippen LogP contribution in [0.2, 0.25) is 0 Å². The summed E-state index contributed by atoms with van der Waals surface area (Å²) < 4.78 is 52.9. The van der Waals surface area contributed by atoms with E-state index in [0.717, 1.165) is 118 Å². The summed E-state index contributed by atoms with van der Waals surface area (Å²) in [7, 11) is 5.32. The highest BCUT2D eigenvalue weighted by Gasteiger charge is 2.45. The normalized spacial score (nSPS) is 21.0. The van der Waals surface area contributed by atoms with Crippen LogP contribution in [0.3, 0.4) is 0 Å². The van der Waals surface area contributed by atoms with Crippen LogP contribution in [-0.4, -0.2) is 140 Å². The summed E-state index contributed by atoms with van der Waals surface area (Å²) in [6.07, 6.45) is 15.7. The van der Waals surface area contributed by atoms with Crippen molar-refractivity contribution in [2.45, 2.75) is 107 Å². The lowest BCUT2D eigenvalue weighted by Crippen LogP contribution is -2.43. The number of ether oxygens (including phenoxy) is 3. The summed E-state index contributed by atoms with van der Waals surface area (Å²) in [6.45, 7) is 7.64. The number of hydrogen-bond acceptors (Lipinski definition) is 14. The lowest BCUT2D eigenvalue weighted by Gasteiger charge is -2.34. The van der Waals surface area contributed by atoms with Crippen molar-refractivity contribution in [2.24, 2.45) is 14.1 Å². The number of anilines is 2. The highest BCUT2D eigenvalue weighted by molar-refractivity contribution is 6.04. The van der Waals surface area contributed by atoms with E-state index in [1.165, 1.54) is 24.4 Å². The predicted octanol–water partition coefficient (Wildman–Crippen LogP) is 7.99. The second-order valence-corrected chi connectivity index (χ2v) is 22.8. The first-order valence-corrected chi connectivity index (χ1v) is 28.6. The Balaban J connectivity index is 0.000000154. The quantitative estimate of drug-likeness (QED) is 0.120. The minimum absolute atomic E-state index is 0.00280. The number of hydrogen-bond donors (Lipinski definition) is 1. The second-order valence-electron chi connectivity index (χ2n) is 22.8. The van der Waals surface area contributed by atoms with E-state index >= 15 is 4.39 Å². The Hall–Kier alpha value is -7.76. The van der Waals surface area contributed by atoms with E-state index < -0.39 is 17.6 Å². The van der Waals surface area contributed by atoms with Crippen LogP contribution in [0.5, 0.6) is 6.01 Å². The molecule has 1 N–H and O–H groups in total. The summed E-state index contributed by atoms with van der Waals surface area (Å²) >= 11 is 0. The molecule has 14 rings (SSSR count). The van der Waals surface area contributed by atoms with Gasteiger partial charge in [-0.2, -0.15) is 20.2 Å². The predicted molar refractivity (Wildman–Crippen MR) is 301 cm³/mol. The van der Waals surface area contributed by atoms with Crippen molar-refractivity contribution in [1.29, 1.82) is 0 Å². The van der Waals surface area contributed by atoms with Gasteiger partial charge in [0.05, 0.1) is 71.3 Å². The van der Waals surface area contributed by atoms with E-state index in [-0.39, 0.29) is 52.3 Å². The van der Waals surface area contributed by atoms with Crippen molar-refractivity contribution < 1.29 is 37.4 Å². The molecular formula is C61H66F2N12O6. The molecule has 18 nitrogen and oxygen atoms in total. The Kier molecular flexibility index (Phi) is 13.8. The van der Waals surface area contributed by atoms with Crippen molar-refractivity contribution >= 4 is 62.0 Å². The Morgan fingerprint density at radius 3 is 2.48 bits per heavy atom. The van der Waals surface area contributed by atoms with Gasteiger partial charge in [0.15, 0.2) is 5.82 Å². The number of terminal acetylenes is 1. The van der Waals surface area contributed by atoms with Crippen LogP contribution in [0, 0.1) is 24.0 Å². The first-order valence-electron chi connectivity index (χ1n) is 28.6. The van der Waals surface area contributed by atoms with Crippen LogP contribution in [-0.2, 0) is 52.5 Å². The number of piperidine rings is 2. The molecule has 3 aromatic carbocycles. The smallest absolute Gasteiger partial charge is 0.409 e. The monoisotopic (exact) mass is 1100 g/mol. The average Bonchev–Trinajstić information content (AvgIpc) is 4.36. The van der Waals surface area contributed by atoms with E-state index in [1.807, 2.05) is 35.6 Å². The van der Waals surface area contributed by atoms with Gasteiger partial charge in [0.1, 0.15) is 29.5 Å². The van der Waals surface area contributed by atoms with Gasteiger partial charge in [-0.1, -0.05) is 30.2 Å². The van der Waals surface area contributed by atoms with Gasteiger partial charge in [-0.25, -0.2) is 18.6 Å². The molecule has 7 aliphatic heterocycles. The third-order valence-corrected chi connectivity index (χ3v) is 18.3. The van der Waals surface area contributed by atoms with Gasteiger partial charge >= 0.3 is 12.1 Å². The van der Waals surface area contributed by atoms with E-state index in [2.05, 4.69) is 49.2 Å². The minimum atomic E-state index is -0.585. The number of aromatic nitrogens is 7. The SMILES string of the molecule is C#Cc1c(F)ccc2cccc(-c3nc4c5c(nc(OCC67CCCN6CCC7)nc5c3F)N3CCCOCC3CC4)c12.COC(=O)N1CCc2c(c(C3CCN(c4ccc5c(C6CCC(=O)NC6=O)nn(C)c5c4)CC3)nn2C)C1. The third-order valence-electron chi connectivity index (χ3n) is 18.3. The van der Waals surface area contributed by atoms with Gasteiger partial charge in [0.2, 0.25) is 11.8 Å². The molecule has 81 heavy (non-hydrogen) atoms. The molecule has 0 spiro atoms. The summed E-state index contributed by atoms with van der Waals surface area (Å²) in [5, 5.41) is 14.8. The molecule has 0 aliphatic carbocycles. The van der Waals surface area contributed by atoms with Crippen molar-refractivity contribution in [2.75, 3.05) is 76.0 Å². The third kappa shape index (κ3) is 9.35. The molecule has 5 saturated heterocycles. The number of methoxy groups -OCH3 is 1. The first-order chi connectivity index (χ1) is 39.4. The average molecular weight is 1100 g/mol. The summed E-state index contributed by atoms with van der Waals surface area (Å²) in [5.41, 5.74) is 7.89. The Bertz CT molecular complexity index is 3710. The van der Waals surface area contributed by atoms with Gasteiger partial charge in [0, 0.05) is 98.9 Å². The number of benzene rings is 3. The summed E-state index contributed by atoms with van der Waals surface area (Å²) in [6, 6.07) is 15.0. The number of fused-ring (bicyclic) bond motifs is 6. The number of rotatable bonds is 7. The molecule has 4 aromatic heterocycles. The Morgan fingerprint density at radius 2 is 1.69 bits per heavy atom. The number of imide groups is 1. The zero-order chi connectivity index (χ0) is 55.7. The molecule has 0 bridgehead atoms. The minimum Gasteiger partial charge on any atom is -0.461 e. The highest BCUT2D eigenvalue weighted by atomic mass is 19.1. The van der Waals surface area contributed by atoms with Crippen LogP contribution in [0.25, 0.3) is 43.8 Å². The van der Waals surface area contributed by atoms with E-state index in [4.69, 9.17) is 40.7 Å². The van der Waals surface area contributed by atoms with Gasteiger partial charge in [-0.15, -0.1) is 6.42 Å². The number of pyridine rings is 1. The van der Waals surface area contributed by atoms with Crippen LogP contribution >= 0.6 is 0 Å². The van der Waals surface area contributed by atoms with Crippen molar-refractivity contribution in [3.05, 3.63) is 94.1 Å². The molecule has 0 radical (unpaired) electrons. The molecule has 3 amide bonds. The molecule has 20 heteroatoms. The lowest BCUT2D eigenvalue weighted by molar-refractivity contribution is -0.134. The molecule has 2 unspecified atom stereocenters. The summed E-state index contributed by atoms with van der Waals surface area (Å²) in [4.78, 5) is 59.7. The number of halogens is 2. The number of nitrogens with zero attached hydrogens (tertiary/aromatic N) is 11. The summed E-state index contributed by atoms with van der Waals surface area (Å²) in [5.74, 6) is 1.48. The molecule has 7 aliphatic rings. The van der Waals surface area contributed by atoms with Crippen LogP contribution < -0.4 is 19.9 Å². The molecule has 0 saturated carbocycles. The van der Waals surface area contributed by atoms with Gasteiger partial charge in [0.25, 0.3) is 0 Å². The lowest BCUT2D eigenvalue weighted by atomic mass is 9.89. The van der Waals surface area contributed by atoms with Gasteiger partial charge < -0.3 is 28.9 Å².